The summed E-state index contributed by atoms with van der Waals surface area (Å²) in [6, 6.07) is 3.74. The summed E-state index contributed by atoms with van der Waals surface area (Å²) in [5.41, 5.74) is -0.486. The van der Waals surface area contributed by atoms with Gasteiger partial charge in [0.1, 0.15) is 5.82 Å². The predicted molar refractivity (Wildman–Crippen MR) is 59.2 cm³/mol. The number of H-pyrrole nitrogens is 1. The highest BCUT2D eigenvalue weighted by molar-refractivity contribution is 5.74. The van der Waals surface area contributed by atoms with Gasteiger partial charge >= 0.3 is 11.1 Å². The quantitative estimate of drug-likeness (QED) is 0.742. The summed E-state index contributed by atoms with van der Waals surface area (Å²) in [5.74, 6) is -0.437. The zero-order valence-corrected chi connectivity index (χ0v) is 8.95. The SMILES string of the molecule is CC(C)n1c(=O)c(=O)[nH]c2ccc(F)cc21. The molecule has 4 nitrogen and oxygen atoms in total. The van der Waals surface area contributed by atoms with Crippen molar-refractivity contribution in [2.45, 2.75) is 19.9 Å². The third kappa shape index (κ3) is 1.54. The molecule has 5 heteroatoms. The van der Waals surface area contributed by atoms with Crippen LogP contribution in [0.4, 0.5) is 4.39 Å². The van der Waals surface area contributed by atoms with Crippen LogP contribution in [0, 0.1) is 5.82 Å². The van der Waals surface area contributed by atoms with Gasteiger partial charge in [0.25, 0.3) is 0 Å². The summed E-state index contributed by atoms with van der Waals surface area (Å²) in [7, 11) is 0. The molecule has 0 aliphatic carbocycles. The summed E-state index contributed by atoms with van der Waals surface area (Å²) in [5, 5.41) is 0. The van der Waals surface area contributed by atoms with Gasteiger partial charge in [0.05, 0.1) is 11.0 Å². The van der Waals surface area contributed by atoms with Gasteiger partial charge in [-0.1, -0.05) is 0 Å². The maximum absolute atomic E-state index is 13.1. The lowest BCUT2D eigenvalue weighted by molar-refractivity contribution is 0.587. The van der Waals surface area contributed by atoms with Gasteiger partial charge in [0.15, 0.2) is 0 Å². The van der Waals surface area contributed by atoms with Crippen molar-refractivity contribution in [1.82, 2.24) is 9.55 Å². The largest absolute Gasteiger partial charge is 0.316 e. The number of benzene rings is 1. The lowest BCUT2D eigenvalue weighted by Gasteiger charge is -2.12. The standard InChI is InChI=1S/C11H11FN2O2/c1-6(2)14-9-5-7(12)3-4-8(9)13-10(15)11(14)16/h3-6H,1-2H3,(H,13,15). The first-order valence-electron chi connectivity index (χ1n) is 4.95. The van der Waals surface area contributed by atoms with Crippen molar-refractivity contribution in [1.29, 1.82) is 0 Å². The third-order valence-electron chi connectivity index (χ3n) is 2.40. The molecule has 0 bridgehead atoms. The molecule has 0 saturated heterocycles. The van der Waals surface area contributed by atoms with Gasteiger partial charge in [-0.25, -0.2) is 4.39 Å². The van der Waals surface area contributed by atoms with E-state index in [1.165, 1.54) is 22.8 Å². The first-order valence-corrected chi connectivity index (χ1v) is 4.95. The van der Waals surface area contributed by atoms with E-state index >= 15 is 0 Å². The molecular weight excluding hydrogens is 211 g/mol. The Kier molecular flexibility index (Phi) is 2.38. The summed E-state index contributed by atoms with van der Waals surface area (Å²) in [6.45, 7) is 3.54. The van der Waals surface area contributed by atoms with Crippen LogP contribution in [0.2, 0.25) is 0 Å². The van der Waals surface area contributed by atoms with Crippen LogP contribution < -0.4 is 11.1 Å². The Morgan fingerprint density at radius 2 is 2.00 bits per heavy atom. The molecule has 1 heterocycles. The number of hydrogen-bond acceptors (Lipinski definition) is 2. The smallest absolute Gasteiger partial charge is 0.316 e. The average Bonchev–Trinajstić information content (AvgIpc) is 2.20. The van der Waals surface area contributed by atoms with Crippen molar-refractivity contribution >= 4 is 11.0 Å². The molecule has 0 fully saturated rings. The highest BCUT2D eigenvalue weighted by atomic mass is 19.1. The van der Waals surface area contributed by atoms with Crippen LogP contribution in [0.5, 0.6) is 0 Å². The number of hydrogen-bond donors (Lipinski definition) is 1. The first-order chi connectivity index (χ1) is 7.50. The van der Waals surface area contributed by atoms with Gasteiger partial charge in [-0.15, -0.1) is 0 Å². The van der Waals surface area contributed by atoms with E-state index in [2.05, 4.69) is 4.98 Å². The Labute approximate surface area is 90.3 Å². The van der Waals surface area contributed by atoms with E-state index in [4.69, 9.17) is 0 Å². The molecule has 84 valence electrons. The fraction of sp³-hybridized carbons (Fsp3) is 0.273. The highest BCUT2D eigenvalue weighted by Gasteiger charge is 2.10. The Morgan fingerprint density at radius 3 is 2.62 bits per heavy atom. The molecule has 2 rings (SSSR count). The normalized spacial score (nSPS) is 11.2. The van der Waals surface area contributed by atoms with Gasteiger partial charge in [0, 0.05) is 6.04 Å². The van der Waals surface area contributed by atoms with E-state index in [9.17, 15) is 14.0 Å². The van der Waals surface area contributed by atoms with Crippen LogP contribution in [0.15, 0.2) is 27.8 Å². The fourth-order valence-electron chi connectivity index (χ4n) is 1.72. The van der Waals surface area contributed by atoms with Crippen molar-refractivity contribution in [3.8, 4) is 0 Å². The minimum absolute atomic E-state index is 0.195. The molecule has 0 aliphatic rings. The molecule has 2 aromatic rings. The molecular formula is C11H11FN2O2. The molecule has 16 heavy (non-hydrogen) atoms. The predicted octanol–water partition coefficient (Wildman–Crippen LogP) is 1.41. The van der Waals surface area contributed by atoms with E-state index in [0.717, 1.165) is 0 Å². The summed E-state index contributed by atoms with van der Waals surface area (Å²) < 4.78 is 14.4. The number of aromatic nitrogens is 2. The molecule has 0 saturated carbocycles. The molecule has 1 aromatic carbocycles. The zero-order chi connectivity index (χ0) is 11.9. The monoisotopic (exact) mass is 222 g/mol. The van der Waals surface area contributed by atoms with Gasteiger partial charge < -0.3 is 4.98 Å². The molecule has 0 aliphatic heterocycles. The van der Waals surface area contributed by atoms with Crippen LogP contribution in [0.1, 0.15) is 19.9 Å². The number of halogens is 1. The molecule has 1 N–H and O–H groups in total. The first kappa shape index (κ1) is 10.6. The van der Waals surface area contributed by atoms with Crippen LogP contribution in [0.3, 0.4) is 0 Å². The van der Waals surface area contributed by atoms with Gasteiger partial charge in [-0.05, 0) is 32.0 Å². The van der Waals surface area contributed by atoms with Crippen molar-refractivity contribution in [3.05, 3.63) is 44.7 Å². The minimum Gasteiger partial charge on any atom is -0.316 e. The average molecular weight is 222 g/mol. The summed E-state index contributed by atoms with van der Waals surface area (Å²) >= 11 is 0. The number of nitrogens with one attached hydrogen (secondary N) is 1. The Bertz CT molecular complexity index is 655. The second-order valence-corrected chi connectivity index (χ2v) is 3.88. The maximum Gasteiger partial charge on any atom is 0.316 e. The molecule has 0 atom stereocenters. The van der Waals surface area contributed by atoms with Crippen LogP contribution in [0.25, 0.3) is 11.0 Å². The lowest BCUT2D eigenvalue weighted by atomic mass is 10.2. The van der Waals surface area contributed by atoms with Gasteiger partial charge in [-0.3, -0.25) is 14.2 Å². The van der Waals surface area contributed by atoms with Crippen molar-refractivity contribution < 1.29 is 4.39 Å². The molecule has 0 unspecified atom stereocenters. The molecule has 0 spiro atoms. The van der Waals surface area contributed by atoms with Gasteiger partial charge in [0.2, 0.25) is 0 Å². The Hall–Kier alpha value is -1.91. The van der Waals surface area contributed by atoms with E-state index in [-0.39, 0.29) is 6.04 Å². The summed E-state index contributed by atoms with van der Waals surface area (Å²) in [4.78, 5) is 25.4. The fourth-order valence-corrected chi connectivity index (χ4v) is 1.72. The van der Waals surface area contributed by atoms with Crippen molar-refractivity contribution in [3.63, 3.8) is 0 Å². The lowest BCUT2D eigenvalue weighted by Crippen LogP contribution is -2.37. The van der Waals surface area contributed by atoms with Crippen LogP contribution in [-0.4, -0.2) is 9.55 Å². The van der Waals surface area contributed by atoms with Gasteiger partial charge in [-0.2, -0.15) is 0 Å². The molecule has 0 amide bonds. The number of nitrogens with zero attached hydrogens (tertiary/aromatic N) is 1. The Morgan fingerprint density at radius 1 is 1.31 bits per heavy atom. The van der Waals surface area contributed by atoms with E-state index in [1.807, 2.05) is 0 Å². The third-order valence-corrected chi connectivity index (χ3v) is 2.40. The second-order valence-electron chi connectivity index (χ2n) is 3.88. The maximum atomic E-state index is 13.1. The number of fused-ring (bicyclic) bond motifs is 1. The van der Waals surface area contributed by atoms with Crippen molar-refractivity contribution in [2.75, 3.05) is 0 Å². The van der Waals surface area contributed by atoms with Crippen LogP contribution >= 0.6 is 0 Å². The van der Waals surface area contributed by atoms with Crippen LogP contribution in [-0.2, 0) is 0 Å². The van der Waals surface area contributed by atoms with E-state index < -0.39 is 16.9 Å². The van der Waals surface area contributed by atoms with E-state index in [0.29, 0.717) is 11.0 Å². The summed E-state index contributed by atoms with van der Waals surface area (Å²) in [6.07, 6.45) is 0. The number of rotatable bonds is 1. The molecule has 0 radical (unpaired) electrons. The zero-order valence-electron chi connectivity index (χ0n) is 8.95. The van der Waals surface area contributed by atoms with E-state index in [1.54, 1.807) is 13.8 Å². The molecule has 1 aromatic heterocycles. The number of aromatic amines is 1. The Balaban J connectivity index is 3.03. The highest BCUT2D eigenvalue weighted by Crippen LogP contribution is 2.13. The minimum atomic E-state index is -0.687. The second kappa shape index (κ2) is 3.59. The topological polar surface area (TPSA) is 54.9 Å². The van der Waals surface area contributed by atoms with Crippen molar-refractivity contribution in [2.24, 2.45) is 0 Å².